The fraction of sp³-hybridized carbons (Fsp3) is 0.259. The molecule has 5 heteroatoms. The third-order valence-electron chi connectivity index (χ3n) is 6.13. The van der Waals surface area contributed by atoms with Crippen LogP contribution in [0.25, 0.3) is 16.6 Å². The molecule has 0 spiro atoms. The van der Waals surface area contributed by atoms with Gasteiger partial charge in [-0.2, -0.15) is 0 Å². The Morgan fingerprint density at radius 2 is 1.81 bits per heavy atom. The summed E-state index contributed by atoms with van der Waals surface area (Å²) in [7, 11) is 0. The monoisotopic (exact) mass is 425 g/mol. The quantitative estimate of drug-likeness (QED) is 0.475. The molecule has 1 aliphatic rings. The SMILES string of the molecule is CCOc1ccc(-n2c(CN[C@@H]3CCCc4ccccc43)nc3ccccc3c2=O)cc1. The van der Waals surface area contributed by atoms with E-state index < -0.39 is 0 Å². The fourth-order valence-corrected chi connectivity index (χ4v) is 4.60. The average molecular weight is 426 g/mol. The number of nitrogens with one attached hydrogen (secondary N) is 1. The molecule has 0 fully saturated rings. The van der Waals surface area contributed by atoms with Crippen LogP contribution in [0.4, 0.5) is 0 Å². The number of benzene rings is 3. The Morgan fingerprint density at radius 3 is 2.66 bits per heavy atom. The van der Waals surface area contributed by atoms with Gasteiger partial charge in [-0.15, -0.1) is 0 Å². The minimum Gasteiger partial charge on any atom is -0.494 e. The first-order valence-electron chi connectivity index (χ1n) is 11.3. The molecular weight excluding hydrogens is 398 g/mol. The fourth-order valence-electron chi connectivity index (χ4n) is 4.60. The van der Waals surface area contributed by atoms with Crippen molar-refractivity contribution >= 4 is 10.9 Å². The Balaban J connectivity index is 1.53. The summed E-state index contributed by atoms with van der Waals surface area (Å²) in [5.74, 6) is 1.50. The van der Waals surface area contributed by atoms with Gasteiger partial charge in [-0.25, -0.2) is 4.98 Å². The highest BCUT2D eigenvalue weighted by Crippen LogP contribution is 2.29. The molecule has 0 saturated heterocycles. The van der Waals surface area contributed by atoms with Gasteiger partial charge in [0.25, 0.3) is 5.56 Å². The van der Waals surface area contributed by atoms with Crippen molar-refractivity contribution < 1.29 is 4.74 Å². The molecule has 0 unspecified atom stereocenters. The summed E-state index contributed by atoms with van der Waals surface area (Å²) >= 11 is 0. The highest BCUT2D eigenvalue weighted by Gasteiger charge is 2.20. The second-order valence-corrected chi connectivity index (χ2v) is 8.14. The Kier molecular flexibility index (Phi) is 5.73. The van der Waals surface area contributed by atoms with Crippen molar-refractivity contribution in [1.82, 2.24) is 14.9 Å². The lowest BCUT2D eigenvalue weighted by molar-refractivity contribution is 0.340. The maximum absolute atomic E-state index is 13.5. The van der Waals surface area contributed by atoms with E-state index in [1.54, 1.807) is 4.57 Å². The van der Waals surface area contributed by atoms with Gasteiger partial charge in [0.2, 0.25) is 0 Å². The molecule has 0 radical (unpaired) electrons. The van der Waals surface area contributed by atoms with E-state index in [4.69, 9.17) is 9.72 Å². The lowest BCUT2D eigenvalue weighted by Crippen LogP contribution is -2.30. The molecule has 1 N–H and O–H groups in total. The van der Waals surface area contributed by atoms with Crippen molar-refractivity contribution in [3.8, 4) is 11.4 Å². The van der Waals surface area contributed by atoms with Crippen LogP contribution in [0.5, 0.6) is 5.75 Å². The van der Waals surface area contributed by atoms with Crippen molar-refractivity contribution in [2.75, 3.05) is 6.61 Å². The molecule has 5 rings (SSSR count). The van der Waals surface area contributed by atoms with E-state index in [9.17, 15) is 4.79 Å². The molecule has 1 aliphatic carbocycles. The van der Waals surface area contributed by atoms with Crippen LogP contribution in [-0.2, 0) is 13.0 Å². The summed E-state index contributed by atoms with van der Waals surface area (Å²) in [6.07, 6.45) is 3.36. The molecule has 162 valence electrons. The summed E-state index contributed by atoms with van der Waals surface area (Å²) in [5.41, 5.74) is 4.22. The third kappa shape index (κ3) is 3.92. The molecule has 1 heterocycles. The van der Waals surface area contributed by atoms with Gasteiger partial charge in [-0.1, -0.05) is 36.4 Å². The van der Waals surface area contributed by atoms with Crippen molar-refractivity contribution in [2.45, 2.75) is 38.8 Å². The van der Waals surface area contributed by atoms with E-state index in [1.807, 2.05) is 55.5 Å². The highest BCUT2D eigenvalue weighted by atomic mass is 16.5. The van der Waals surface area contributed by atoms with E-state index in [1.165, 1.54) is 11.1 Å². The first-order chi connectivity index (χ1) is 15.7. The van der Waals surface area contributed by atoms with Crippen LogP contribution in [0.3, 0.4) is 0 Å². The maximum atomic E-state index is 13.5. The van der Waals surface area contributed by atoms with Crippen molar-refractivity contribution in [3.05, 3.63) is 100 Å². The molecule has 0 saturated carbocycles. The van der Waals surface area contributed by atoms with E-state index in [0.717, 1.165) is 36.2 Å². The molecule has 32 heavy (non-hydrogen) atoms. The second kappa shape index (κ2) is 8.97. The minimum atomic E-state index is -0.0550. The minimum absolute atomic E-state index is 0.0550. The van der Waals surface area contributed by atoms with Crippen molar-refractivity contribution in [1.29, 1.82) is 0 Å². The van der Waals surface area contributed by atoms with Crippen LogP contribution in [0, 0.1) is 0 Å². The normalized spacial score (nSPS) is 15.5. The molecule has 0 amide bonds. The highest BCUT2D eigenvalue weighted by molar-refractivity contribution is 5.77. The van der Waals surface area contributed by atoms with Crippen LogP contribution in [0.1, 0.15) is 42.8 Å². The predicted molar refractivity (Wildman–Crippen MR) is 127 cm³/mol. The van der Waals surface area contributed by atoms with Crippen molar-refractivity contribution in [2.24, 2.45) is 0 Å². The molecule has 5 nitrogen and oxygen atoms in total. The van der Waals surface area contributed by atoms with Crippen LogP contribution in [-0.4, -0.2) is 16.2 Å². The smallest absolute Gasteiger partial charge is 0.266 e. The second-order valence-electron chi connectivity index (χ2n) is 8.14. The number of nitrogens with zero attached hydrogens (tertiary/aromatic N) is 2. The maximum Gasteiger partial charge on any atom is 0.266 e. The Labute approximate surface area is 187 Å². The summed E-state index contributed by atoms with van der Waals surface area (Å²) < 4.78 is 7.29. The van der Waals surface area contributed by atoms with Gasteiger partial charge in [0, 0.05) is 6.04 Å². The summed E-state index contributed by atoms with van der Waals surface area (Å²) in [6, 6.07) is 24.1. The number of fused-ring (bicyclic) bond motifs is 2. The molecular formula is C27H27N3O2. The van der Waals surface area contributed by atoms with Gasteiger partial charge in [0.05, 0.1) is 29.7 Å². The Morgan fingerprint density at radius 1 is 1.03 bits per heavy atom. The summed E-state index contributed by atoms with van der Waals surface area (Å²) in [6.45, 7) is 3.07. The van der Waals surface area contributed by atoms with Crippen molar-refractivity contribution in [3.63, 3.8) is 0 Å². The molecule has 0 bridgehead atoms. The summed E-state index contributed by atoms with van der Waals surface area (Å²) in [4.78, 5) is 18.4. The molecule has 1 aromatic heterocycles. The van der Waals surface area contributed by atoms with Gasteiger partial charge in [0.15, 0.2) is 0 Å². The predicted octanol–water partition coefficient (Wildman–Crippen LogP) is 4.95. The number of aromatic nitrogens is 2. The molecule has 1 atom stereocenters. The van der Waals surface area contributed by atoms with Crippen LogP contribution in [0.15, 0.2) is 77.6 Å². The van der Waals surface area contributed by atoms with Gasteiger partial charge in [-0.3, -0.25) is 9.36 Å². The van der Waals surface area contributed by atoms with E-state index in [-0.39, 0.29) is 11.6 Å². The zero-order valence-electron chi connectivity index (χ0n) is 18.3. The number of hydrogen-bond acceptors (Lipinski definition) is 4. The standard InChI is InChI=1S/C27H27N3O2/c1-2-32-21-16-14-20(15-17-21)30-26(29-25-12-6-5-11-23(25)27(30)31)18-28-24-13-7-9-19-8-3-4-10-22(19)24/h3-6,8,10-12,14-17,24,28H,2,7,9,13,18H2,1H3/t24-/m1/s1. The largest absolute Gasteiger partial charge is 0.494 e. The van der Waals surface area contributed by atoms with E-state index in [2.05, 4.69) is 29.6 Å². The molecule has 3 aromatic carbocycles. The molecule has 0 aliphatic heterocycles. The number of ether oxygens (including phenoxy) is 1. The Bertz CT molecular complexity index is 1290. The van der Waals surface area contributed by atoms with Crippen LogP contribution >= 0.6 is 0 Å². The van der Waals surface area contributed by atoms with Gasteiger partial charge in [-0.05, 0) is 73.7 Å². The zero-order chi connectivity index (χ0) is 21.9. The third-order valence-corrected chi connectivity index (χ3v) is 6.13. The van der Waals surface area contributed by atoms with Crippen LogP contribution < -0.4 is 15.6 Å². The van der Waals surface area contributed by atoms with Gasteiger partial charge in [0.1, 0.15) is 11.6 Å². The summed E-state index contributed by atoms with van der Waals surface area (Å²) in [5, 5.41) is 4.30. The zero-order valence-corrected chi connectivity index (χ0v) is 18.3. The molecule has 4 aromatic rings. The first-order valence-corrected chi connectivity index (χ1v) is 11.3. The van der Waals surface area contributed by atoms with E-state index in [0.29, 0.717) is 24.4 Å². The van der Waals surface area contributed by atoms with E-state index >= 15 is 0 Å². The number of rotatable bonds is 6. The lowest BCUT2D eigenvalue weighted by Gasteiger charge is -2.27. The topological polar surface area (TPSA) is 56.1 Å². The van der Waals surface area contributed by atoms with Gasteiger partial charge < -0.3 is 10.1 Å². The first kappa shape index (κ1) is 20.5. The van der Waals surface area contributed by atoms with Gasteiger partial charge >= 0.3 is 0 Å². The number of hydrogen-bond donors (Lipinski definition) is 1. The average Bonchev–Trinajstić information content (AvgIpc) is 2.84. The van der Waals surface area contributed by atoms with Crippen LogP contribution in [0.2, 0.25) is 0 Å². The number of para-hydroxylation sites is 1. The lowest BCUT2D eigenvalue weighted by atomic mass is 9.88. The Hall–Kier alpha value is -3.44. The number of aryl methyl sites for hydroxylation is 1.